The Hall–Kier alpha value is -2.47. The number of hydrogen-bond donors (Lipinski definition) is 1. The first-order valence-corrected chi connectivity index (χ1v) is 9.97. The molecule has 1 N–H and O–H groups in total. The topological polar surface area (TPSA) is 63.8 Å². The Bertz CT molecular complexity index is 963. The van der Waals surface area contributed by atoms with Crippen molar-refractivity contribution in [3.8, 4) is 5.75 Å². The molecule has 148 valence electrons. The highest BCUT2D eigenvalue weighted by Crippen LogP contribution is 2.47. The first-order valence-electron chi connectivity index (χ1n) is 9.97. The van der Waals surface area contributed by atoms with E-state index in [2.05, 4.69) is 28.9 Å². The third kappa shape index (κ3) is 2.54. The maximum absolute atomic E-state index is 12.3. The van der Waals surface area contributed by atoms with Crippen molar-refractivity contribution >= 4 is 16.9 Å². The van der Waals surface area contributed by atoms with Gasteiger partial charge in [0, 0.05) is 47.6 Å². The van der Waals surface area contributed by atoms with Crippen LogP contribution in [0, 0.1) is 11.8 Å². The summed E-state index contributed by atoms with van der Waals surface area (Å²) in [5.41, 5.74) is 4.49. The van der Waals surface area contributed by atoms with Gasteiger partial charge in [0.1, 0.15) is 5.75 Å². The standard InChI is InChI=1S/C22H26N2O4/c1-12-17-10-24-7-6-15-14-5-4-13(26-2)8-19(14)23-21(15)20(24)9-16(17)18(11-28-12)22(25)27-3/h4-5,8,11-12,16-17,20,23H,6-7,9-10H2,1-3H3/t12?,16-,17?,20-/m0/s1. The number of H-pyrrole nitrogens is 1. The lowest BCUT2D eigenvalue weighted by Gasteiger charge is -2.49. The maximum atomic E-state index is 12.3. The Balaban J connectivity index is 1.54. The van der Waals surface area contributed by atoms with Crippen LogP contribution < -0.4 is 4.74 Å². The van der Waals surface area contributed by atoms with Gasteiger partial charge in [-0.2, -0.15) is 0 Å². The van der Waals surface area contributed by atoms with Gasteiger partial charge in [-0.05, 0) is 37.5 Å². The summed E-state index contributed by atoms with van der Waals surface area (Å²) in [7, 11) is 3.13. The first kappa shape index (κ1) is 17.6. The second-order valence-corrected chi connectivity index (χ2v) is 8.10. The molecule has 0 radical (unpaired) electrons. The minimum absolute atomic E-state index is 0.104. The molecule has 1 aromatic carbocycles. The number of rotatable bonds is 2. The van der Waals surface area contributed by atoms with Crippen molar-refractivity contribution in [2.24, 2.45) is 11.8 Å². The van der Waals surface area contributed by atoms with Crippen molar-refractivity contribution in [1.82, 2.24) is 9.88 Å². The maximum Gasteiger partial charge on any atom is 0.337 e. The number of carbonyl (C=O) groups excluding carboxylic acids is 1. The summed E-state index contributed by atoms with van der Waals surface area (Å²) in [4.78, 5) is 18.6. The van der Waals surface area contributed by atoms with E-state index < -0.39 is 0 Å². The highest BCUT2D eigenvalue weighted by Gasteiger charge is 2.46. The van der Waals surface area contributed by atoms with E-state index in [0.29, 0.717) is 11.5 Å². The van der Waals surface area contributed by atoms with Gasteiger partial charge in [-0.3, -0.25) is 4.90 Å². The van der Waals surface area contributed by atoms with Crippen molar-refractivity contribution in [3.05, 3.63) is 41.3 Å². The van der Waals surface area contributed by atoms with Crippen molar-refractivity contribution in [2.75, 3.05) is 27.3 Å². The Morgan fingerprint density at radius 1 is 1.32 bits per heavy atom. The molecule has 6 heteroatoms. The molecule has 0 bridgehead atoms. The van der Waals surface area contributed by atoms with E-state index in [1.165, 1.54) is 23.8 Å². The molecule has 2 aromatic rings. The number of ether oxygens (including phenoxy) is 3. The number of aromatic nitrogens is 1. The number of nitrogens with one attached hydrogen (secondary N) is 1. The minimum atomic E-state index is -0.271. The fourth-order valence-corrected chi connectivity index (χ4v) is 5.35. The quantitative estimate of drug-likeness (QED) is 0.809. The van der Waals surface area contributed by atoms with Crippen LogP contribution in [0.15, 0.2) is 30.0 Å². The van der Waals surface area contributed by atoms with Gasteiger partial charge in [-0.25, -0.2) is 4.79 Å². The van der Waals surface area contributed by atoms with Gasteiger partial charge in [0.05, 0.1) is 38.2 Å². The molecule has 0 saturated carbocycles. The van der Waals surface area contributed by atoms with Gasteiger partial charge in [0.15, 0.2) is 0 Å². The summed E-state index contributed by atoms with van der Waals surface area (Å²) in [5, 5.41) is 1.28. The zero-order valence-electron chi connectivity index (χ0n) is 16.5. The number of fused-ring (bicyclic) bond motifs is 6. The van der Waals surface area contributed by atoms with Gasteiger partial charge in [-0.1, -0.05) is 0 Å². The van der Waals surface area contributed by atoms with Crippen LogP contribution in [0.3, 0.4) is 0 Å². The number of esters is 1. The predicted octanol–water partition coefficient (Wildman–Crippen LogP) is 3.19. The summed E-state index contributed by atoms with van der Waals surface area (Å²) in [6.07, 6.45) is 3.67. The molecule has 0 aliphatic carbocycles. The third-order valence-corrected chi connectivity index (χ3v) is 6.84. The van der Waals surface area contributed by atoms with Crippen molar-refractivity contribution in [3.63, 3.8) is 0 Å². The van der Waals surface area contributed by atoms with Gasteiger partial charge < -0.3 is 19.2 Å². The molecule has 3 aliphatic rings. The number of nitrogens with zero attached hydrogens (tertiary/aromatic N) is 1. The fraction of sp³-hybridized carbons (Fsp3) is 0.500. The predicted molar refractivity (Wildman–Crippen MR) is 105 cm³/mol. The lowest BCUT2D eigenvalue weighted by Crippen LogP contribution is -2.51. The fourth-order valence-electron chi connectivity index (χ4n) is 5.35. The smallest absolute Gasteiger partial charge is 0.337 e. The third-order valence-electron chi connectivity index (χ3n) is 6.84. The van der Waals surface area contributed by atoms with E-state index in [0.717, 1.165) is 37.2 Å². The second-order valence-electron chi connectivity index (χ2n) is 8.10. The van der Waals surface area contributed by atoms with Gasteiger partial charge in [0.25, 0.3) is 0 Å². The molecule has 0 amide bonds. The molecule has 1 aromatic heterocycles. The Kier molecular flexibility index (Phi) is 4.12. The van der Waals surface area contributed by atoms with E-state index in [4.69, 9.17) is 14.2 Å². The van der Waals surface area contributed by atoms with E-state index in [1.807, 2.05) is 6.07 Å². The molecule has 4 heterocycles. The molecule has 4 atom stereocenters. The average molecular weight is 382 g/mol. The van der Waals surface area contributed by atoms with Crippen LogP contribution in [0.1, 0.15) is 30.6 Å². The molecule has 2 unspecified atom stereocenters. The number of carbonyl (C=O) groups is 1. The van der Waals surface area contributed by atoms with E-state index in [9.17, 15) is 4.79 Å². The summed E-state index contributed by atoms with van der Waals surface area (Å²) in [5.74, 6) is 1.05. The zero-order valence-corrected chi connectivity index (χ0v) is 16.5. The number of aromatic amines is 1. The van der Waals surface area contributed by atoms with Crippen LogP contribution >= 0.6 is 0 Å². The first-order chi connectivity index (χ1) is 13.6. The lowest BCUT2D eigenvalue weighted by atomic mass is 9.72. The highest BCUT2D eigenvalue weighted by molar-refractivity contribution is 5.89. The van der Waals surface area contributed by atoms with Gasteiger partial charge in [-0.15, -0.1) is 0 Å². The SMILES string of the molecule is COC(=O)C1=COC(C)C2CN3CCc4c([nH]c5cc(OC)ccc45)[C@@H]3C[C@H]12. The molecule has 28 heavy (non-hydrogen) atoms. The van der Waals surface area contributed by atoms with Crippen LogP contribution in [-0.4, -0.2) is 49.3 Å². The number of benzene rings is 1. The van der Waals surface area contributed by atoms with E-state index in [1.54, 1.807) is 13.4 Å². The number of methoxy groups -OCH3 is 2. The summed E-state index contributed by atoms with van der Waals surface area (Å²) >= 11 is 0. The largest absolute Gasteiger partial charge is 0.497 e. The van der Waals surface area contributed by atoms with E-state index >= 15 is 0 Å². The normalized spacial score (nSPS) is 29.2. The van der Waals surface area contributed by atoms with Crippen LogP contribution in [-0.2, 0) is 20.7 Å². The average Bonchev–Trinajstić information content (AvgIpc) is 3.10. The molecule has 1 saturated heterocycles. The van der Waals surface area contributed by atoms with E-state index in [-0.39, 0.29) is 24.0 Å². The highest BCUT2D eigenvalue weighted by atomic mass is 16.5. The van der Waals surface area contributed by atoms with Crippen LogP contribution in [0.4, 0.5) is 0 Å². The Morgan fingerprint density at radius 2 is 2.18 bits per heavy atom. The Morgan fingerprint density at radius 3 is 2.96 bits per heavy atom. The molecule has 5 rings (SSSR count). The van der Waals surface area contributed by atoms with Gasteiger partial charge >= 0.3 is 5.97 Å². The molecule has 3 aliphatic heterocycles. The zero-order chi connectivity index (χ0) is 19.4. The summed E-state index contributed by atoms with van der Waals surface area (Å²) in [6, 6.07) is 6.53. The molecular weight excluding hydrogens is 356 g/mol. The van der Waals surface area contributed by atoms with Crippen LogP contribution in [0.25, 0.3) is 10.9 Å². The molecule has 6 nitrogen and oxygen atoms in total. The minimum Gasteiger partial charge on any atom is -0.497 e. The Labute approximate surface area is 164 Å². The van der Waals surface area contributed by atoms with Crippen LogP contribution in [0.2, 0.25) is 0 Å². The van der Waals surface area contributed by atoms with Gasteiger partial charge in [0.2, 0.25) is 0 Å². The molecular formula is C22H26N2O4. The molecule has 1 fully saturated rings. The van der Waals surface area contributed by atoms with Crippen molar-refractivity contribution in [1.29, 1.82) is 0 Å². The summed E-state index contributed by atoms with van der Waals surface area (Å²) in [6.45, 7) is 4.07. The van der Waals surface area contributed by atoms with Crippen molar-refractivity contribution < 1.29 is 19.0 Å². The number of hydrogen-bond acceptors (Lipinski definition) is 5. The number of piperidine rings is 1. The second kappa shape index (κ2) is 6.55. The monoisotopic (exact) mass is 382 g/mol. The van der Waals surface area contributed by atoms with Crippen molar-refractivity contribution in [2.45, 2.75) is 31.9 Å². The van der Waals surface area contributed by atoms with Crippen LogP contribution in [0.5, 0.6) is 5.75 Å². The summed E-state index contributed by atoms with van der Waals surface area (Å²) < 4.78 is 16.2. The lowest BCUT2D eigenvalue weighted by molar-refractivity contribution is -0.139. The molecule has 0 spiro atoms.